The maximum atomic E-state index is 13.2. The molecule has 1 saturated heterocycles. The number of hydrogen-bond acceptors (Lipinski definition) is 5. The first-order chi connectivity index (χ1) is 12.0. The van der Waals surface area contributed by atoms with E-state index in [0.717, 1.165) is 0 Å². The summed E-state index contributed by atoms with van der Waals surface area (Å²) in [6, 6.07) is 4.10. The molecule has 2 aromatic rings. The van der Waals surface area contributed by atoms with Gasteiger partial charge in [-0.25, -0.2) is 13.9 Å². The fourth-order valence-corrected chi connectivity index (χ4v) is 3.34. The summed E-state index contributed by atoms with van der Waals surface area (Å²) in [7, 11) is 1.29. The molecular weight excluding hydrogens is 395 g/mol. The molecule has 9 heteroatoms. The number of benzene rings is 1. The Morgan fingerprint density at radius 1 is 1.32 bits per heavy atom. The van der Waals surface area contributed by atoms with Crippen LogP contribution >= 0.6 is 15.9 Å². The van der Waals surface area contributed by atoms with Gasteiger partial charge < -0.3 is 9.64 Å². The van der Waals surface area contributed by atoms with Crippen molar-refractivity contribution in [3.05, 3.63) is 45.9 Å². The minimum atomic E-state index is -0.528. The molecule has 1 fully saturated rings. The van der Waals surface area contributed by atoms with Crippen molar-refractivity contribution in [2.24, 2.45) is 0 Å². The molecule has 25 heavy (non-hydrogen) atoms. The molecule has 1 aromatic heterocycles. The molecule has 7 nitrogen and oxygen atoms in total. The third-order valence-corrected chi connectivity index (χ3v) is 4.85. The minimum absolute atomic E-state index is 0.0617. The van der Waals surface area contributed by atoms with Gasteiger partial charge in [-0.15, -0.1) is 5.10 Å². The van der Waals surface area contributed by atoms with E-state index in [1.165, 1.54) is 25.3 Å². The fraction of sp³-hybridized carbons (Fsp3) is 0.375. The predicted octanol–water partition coefficient (Wildman–Crippen LogP) is 2.44. The lowest BCUT2D eigenvalue weighted by Gasteiger charge is -2.32. The van der Waals surface area contributed by atoms with E-state index in [-0.39, 0.29) is 17.6 Å². The van der Waals surface area contributed by atoms with Crippen molar-refractivity contribution in [1.29, 1.82) is 0 Å². The Balaban J connectivity index is 1.64. The minimum Gasteiger partial charge on any atom is -0.464 e. The SMILES string of the molecule is COC(=O)c1cn(C2CCN(C(=O)c3ccc(F)cc3Br)CC2)nn1. The number of ether oxygens (including phenoxy) is 1. The van der Waals surface area contributed by atoms with Crippen LogP contribution in [0, 0.1) is 5.82 Å². The molecule has 1 aliphatic rings. The number of amides is 1. The van der Waals surface area contributed by atoms with Crippen LogP contribution in [0.2, 0.25) is 0 Å². The third kappa shape index (κ3) is 3.71. The maximum absolute atomic E-state index is 13.2. The molecule has 0 atom stereocenters. The molecule has 3 rings (SSSR count). The van der Waals surface area contributed by atoms with Crippen molar-refractivity contribution in [1.82, 2.24) is 19.9 Å². The Morgan fingerprint density at radius 3 is 2.68 bits per heavy atom. The van der Waals surface area contributed by atoms with Gasteiger partial charge in [0, 0.05) is 17.6 Å². The molecule has 0 aliphatic carbocycles. The molecule has 1 aliphatic heterocycles. The second-order valence-electron chi connectivity index (χ2n) is 5.72. The summed E-state index contributed by atoms with van der Waals surface area (Å²) in [4.78, 5) is 25.8. The van der Waals surface area contributed by atoms with E-state index in [9.17, 15) is 14.0 Å². The monoisotopic (exact) mass is 410 g/mol. The summed E-state index contributed by atoms with van der Waals surface area (Å²) in [5.41, 5.74) is 0.602. The van der Waals surface area contributed by atoms with E-state index in [1.807, 2.05) is 0 Å². The summed E-state index contributed by atoms with van der Waals surface area (Å²) in [6.07, 6.45) is 2.94. The number of piperidine rings is 1. The number of nitrogens with zero attached hydrogens (tertiary/aromatic N) is 4. The highest BCUT2D eigenvalue weighted by Gasteiger charge is 2.27. The Bertz CT molecular complexity index is 802. The summed E-state index contributed by atoms with van der Waals surface area (Å²) in [5.74, 6) is -1.06. The first-order valence-corrected chi connectivity index (χ1v) is 8.53. The first-order valence-electron chi connectivity index (χ1n) is 7.74. The van der Waals surface area contributed by atoms with Crippen LogP contribution in [0.3, 0.4) is 0 Å². The van der Waals surface area contributed by atoms with Gasteiger partial charge in [0.05, 0.1) is 24.9 Å². The predicted molar refractivity (Wildman–Crippen MR) is 89.6 cm³/mol. The number of rotatable bonds is 3. The van der Waals surface area contributed by atoms with Crippen LogP contribution in [-0.2, 0) is 4.74 Å². The standard InChI is InChI=1S/C16H16BrFN4O3/c1-25-16(24)14-9-22(20-19-14)11-4-6-21(7-5-11)15(23)12-3-2-10(18)8-13(12)17/h2-3,8-9,11H,4-7H2,1H3. The van der Waals surface area contributed by atoms with E-state index in [1.54, 1.807) is 15.8 Å². The van der Waals surface area contributed by atoms with Crippen LogP contribution in [0.4, 0.5) is 4.39 Å². The summed E-state index contributed by atoms with van der Waals surface area (Å²) in [6.45, 7) is 1.08. The van der Waals surface area contributed by atoms with Gasteiger partial charge in [0.2, 0.25) is 0 Å². The molecule has 0 saturated carbocycles. The second-order valence-corrected chi connectivity index (χ2v) is 6.58. The fourth-order valence-electron chi connectivity index (χ4n) is 2.82. The van der Waals surface area contributed by atoms with E-state index >= 15 is 0 Å². The second kappa shape index (κ2) is 7.30. The number of esters is 1. The molecule has 0 radical (unpaired) electrons. The third-order valence-electron chi connectivity index (χ3n) is 4.19. The summed E-state index contributed by atoms with van der Waals surface area (Å²) < 4.78 is 19.9. The van der Waals surface area contributed by atoms with Gasteiger partial charge in [-0.3, -0.25) is 4.79 Å². The van der Waals surface area contributed by atoms with Gasteiger partial charge in [0.1, 0.15) is 5.82 Å². The van der Waals surface area contributed by atoms with Gasteiger partial charge in [-0.1, -0.05) is 5.21 Å². The Morgan fingerprint density at radius 2 is 2.04 bits per heavy atom. The van der Waals surface area contributed by atoms with Crippen molar-refractivity contribution < 1.29 is 18.7 Å². The average molecular weight is 411 g/mol. The van der Waals surface area contributed by atoms with Gasteiger partial charge in [0.15, 0.2) is 5.69 Å². The van der Waals surface area contributed by atoms with Crippen LogP contribution < -0.4 is 0 Å². The van der Waals surface area contributed by atoms with E-state index in [4.69, 9.17) is 0 Å². The number of methoxy groups -OCH3 is 1. The summed E-state index contributed by atoms with van der Waals surface area (Å²) in [5, 5.41) is 7.77. The zero-order valence-electron chi connectivity index (χ0n) is 13.5. The largest absolute Gasteiger partial charge is 0.464 e. The average Bonchev–Trinajstić information content (AvgIpc) is 3.11. The Labute approximate surface area is 151 Å². The first kappa shape index (κ1) is 17.5. The van der Waals surface area contributed by atoms with Crippen LogP contribution in [0.25, 0.3) is 0 Å². The number of carbonyl (C=O) groups is 2. The van der Waals surface area contributed by atoms with Crippen LogP contribution in [0.5, 0.6) is 0 Å². The number of likely N-dealkylation sites (tertiary alicyclic amines) is 1. The molecular formula is C16H16BrFN4O3. The van der Waals surface area contributed by atoms with Crippen LogP contribution in [0.15, 0.2) is 28.9 Å². The maximum Gasteiger partial charge on any atom is 0.360 e. The molecule has 132 valence electrons. The number of aromatic nitrogens is 3. The number of halogens is 2. The lowest BCUT2D eigenvalue weighted by Crippen LogP contribution is -2.39. The molecule has 0 spiro atoms. The highest BCUT2D eigenvalue weighted by atomic mass is 79.9. The lowest BCUT2D eigenvalue weighted by atomic mass is 10.0. The number of carbonyl (C=O) groups excluding carboxylic acids is 2. The van der Waals surface area contributed by atoms with E-state index in [0.29, 0.717) is 36.0 Å². The molecule has 0 unspecified atom stereocenters. The van der Waals surface area contributed by atoms with Crippen molar-refractivity contribution in [3.63, 3.8) is 0 Å². The van der Waals surface area contributed by atoms with Gasteiger partial charge in [-0.05, 0) is 47.0 Å². The highest BCUT2D eigenvalue weighted by Crippen LogP contribution is 2.25. The molecule has 1 amide bonds. The topological polar surface area (TPSA) is 77.3 Å². The van der Waals surface area contributed by atoms with Gasteiger partial charge in [-0.2, -0.15) is 0 Å². The quantitative estimate of drug-likeness (QED) is 0.726. The van der Waals surface area contributed by atoms with Crippen LogP contribution in [0.1, 0.15) is 39.7 Å². The van der Waals surface area contributed by atoms with E-state index < -0.39 is 11.8 Å². The number of hydrogen-bond donors (Lipinski definition) is 0. The molecule has 0 N–H and O–H groups in total. The highest BCUT2D eigenvalue weighted by molar-refractivity contribution is 9.10. The van der Waals surface area contributed by atoms with Crippen molar-refractivity contribution in [2.45, 2.75) is 18.9 Å². The zero-order valence-corrected chi connectivity index (χ0v) is 15.1. The zero-order chi connectivity index (χ0) is 18.0. The van der Waals surface area contributed by atoms with Crippen LogP contribution in [-0.4, -0.2) is 52.0 Å². The Kier molecular flexibility index (Phi) is 5.12. The van der Waals surface area contributed by atoms with Crippen molar-refractivity contribution in [3.8, 4) is 0 Å². The lowest BCUT2D eigenvalue weighted by molar-refractivity contribution is 0.0593. The normalized spacial score (nSPS) is 15.2. The summed E-state index contributed by atoms with van der Waals surface area (Å²) >= 11 is 3.23. The van der Waals surface area contributed by atoms with Gasteiger partial charge >= 0.3 is 5.97 Å². The molecule has 1 aromatic carbocycles. The van der Waals surface area contributed by atoms with Crippen molar-refractivity contribution in [2.75, 3.05) is 20.2 Å². The van der Waals surface area contributed by atoms with E-state index in [2.05, 4.69) is 31.0 Å². The Hall–Kier alpha value is -2.29. The smallest absolute Gasteiger partial charge is 0.360 e. The molecule has 2 heterocycles. The van der Waals surface area contributed by atoms with Gasteiger partial charge in [0.25, 0.3) is 5.91 Å². The van der Waals surface area contributed by atoms with Crippen molar-refractivity contribution >= 4 is 27.8 Å². The molecule has 0 bridgehead atoms.